The van der Waals surface area contributed by atoms with E-state index in [-0.39, 0.29) is 6.10 Å². The fourth-order valence-corrected chi connectivity index (χ4v) is 5.97. The van der Waals surface area contributed by atoms with Gasteiger partial charge in [0.2, 0.25) is 0 Å². The smallest absolute Gasteiger partial charge is 0.191 e. The minimum atomic E-state index is 0.214. The van der Waals surface area contributed by atoms with Crippen molar-refractivity contribution in [1.82, 2.24) is 9.97 Å². The summed E-state index contributed by atoms with van der Waals surface area (Å²) in [5.41, 5.74) is 8.46. The molecule has 0 spiro atoms. The van der Waals surface area contributed by atoms with Crippen molar-refractivity contribution < 1.29 is 4.74 Å². The second kappa shape index (κ2) is 7.76. The number of halogens is 2. The summed E-state index contributed by atoms with van der Waals surface area (Å²) in [6.45, 7) is 4.98. The first-order valence-corrected chi connectivity index (χ1v) is 11.2. The Morgan fingerprint density at radius 3 is 2.74 bits per heavy atom. The first kappa shape index (κ1) is 19.3. The van der Waals surface area contributed by atoms with Gasteiger partial charge in [-0.1, -0.05) is 54.9 Å². The minimum absolute atomic E-state index is 0.214. The van der Waals surface area contributed by atoms with Crippen LogP contribution in [0.25, 0.3) is 10.2 Å². The zero-order valence-electron chi connectivity index (χ0n) is 15.0. The normalized spacial score (nSPS) is 16.9. The lowest BCUT2D eigenvalue weighted by Crippen LogP contribution is -2.26. The lowest BCUT2D eigenvalue weighted by molar-refractivity contribution is 0.00203. The number of nitrogens with two attached hydrogens (primary N) is 1. The van der Waals surface area contributed by atoms with E-state index in [1.165, 1.54) is 22.2 Å². The van der Waals surface area contributed by atoms with E-state index >= 15 is 0 Å². The average Bonchev–Trinajstić information content (AvgIpc) is 2.99. The van der Waals surface area contributed by atoms with E-state index in [1.807, 2.05) is 18.2 Å². The van der Waals surface area contributed by atoms with Crippen molar-refractivity contribution in [3.8, 4) is 0 Å². The molecule has 3 aromatic rings. The SMILES string of the molecule is CC(C)[C@@H]1Cc2c(sc3nc(SCc4c(Cl)cccc4Cl)nc(N)c23)CO1. The number of rotatable bonds is 4. The molecular formula is C19H19Cl2N3OS2. The molecule has 4 nitrogen and oxygen atoms in total. The van der Waals surface area contributed by atoms with Crippen LogP contribution in [0, 0.1) is 5.92 Å². The van der Waals surface area contributed by atoms with E-state index in [1.54, 1.807) is 11.3 Å². The third kappa shape index (κ3) is 3.78. The van der Waals surface area contributed by atoms with Gasteiger partial charge in [0.15, 0.2) is 5.16 Å². The first-order chi connectivity index (χ1) is 12.9. The summed E-state index contributed by atoms with van der Waals surface area (Å²) in [5.74, 6) is 1.59. The molecule has 0 saturated heterocycles. The molecule has 0 radical (unpaired) electrons. The van der Waals surface area contributed by atoms with Crippen molar-refractivity contribution in [2.75, 3.05) is 5.73 Å². The van der Waals surface area contributed by atoms with Crippen LogP contribution in [-0.2, 0) is 23.5 Å². The molecule has 0 fully saturated rings. The average molecular weight is 440 g/mol. The molecule has 0 unspecified atom stereocenters. The Morgan fingerprint density at radius 2 is 2.04 bits per heavy atom. The topological polar surface area (TPSA) is 61.0 Å². The van der Waals surface area contributed by atoms with Gasteiger partial charge >= 0.3 is 0 Å². The van der Waals surface area contributed by atoms with Gasteiger partial charge in [0.05, 0.1) is 18.1 Å². The standard InChI is InChI=1S/C19H19Cl2N3OS2/c1-9(2)14-6-10-15(7-25-14)27-18-16(10)17(22)23-19(24-18)26-8-11-12(20)4-3-5-13(11)21/h3-5,9,14H,6-8H2,1-2H3,(H2,22,23,24)/t14-/m0/s1. The molecule has 1 aliphatic rings. The third-order valence-electron chi connectivity index (χ3n) is 4.73. The molecule has 1 aromatic carbocycles. The van der Waals surface area contributed by atoms with Crippen molar-refractivity contribution in [3.63, 3.8) is 0 Å². The maximum atomic E-state index is 6.33. The maximum absolute atomic E-state index is 6.33. The highest BCUT2D eigenvalue weighted by Gasteiger charge is 2.27. The predicted molar refractivity (Wildman–Crippen MR) is 115 cm³/mol. The summed E-state index contributed by atoms with van der Waals surface area (Å²) in [7, 11) is 0. The number of nitrogen functional groups attached to an aromatic ring is 1. The van der Waals surface area contributed by atoms with Crippen LogP contribution >= 0.6 is 46.3 Å². The van der Waals surface area contributed by atoms with Crippen molar-refractivity contribution in [2.45, 2.75) is 43.9 Å². The number of fused-ring (bicyclic) bond motifs is 3. The van der Waals surface area contributed by atoms with Gasteiger partial charge in [0.1, 0.15) is 10.6 Å². The molecule has 2 aromatic heterocycles. The largest absolute Gasteiger partial charge is 0.383 e. The summed E-state index contributed by atoms with van der Waals surface area (Å²) in [6, 6.07) is 5.50. The number of anilines is 1. The van der Waals surface area contributed by atoms with Crippen LogP contribution in [-0.4, -0.2) is 16.1 Å². The quantitative estimate of drug-likeness (QED) is 0.400. The monoisotopic (exact) mass is 439 g/mol. The molecule has 3 heterocycles. The van der Waals surface area contributed by atoms with E-state index in [0.717, 1.165) is 22.2 Å². The van der Waals surface area contributed by atoms with Gasteiger partial charge < -0.3 is 10.5 Å². The number of aromatic nitrogens is 2. The second-order valence-corrected chi connectivity index (χ2v) is 9.70. The highest BCUT2D eigenvalue weighted by Crippen LogP contribution is 2.40. The second-order valence-electron chi connectivity index (χ2n) is 6.86. The van der Waals surface area contributed by atoms with Crippen LogP contribution in [0.15, 0.2) is 23.4 Å². The number of ether oxygens (including phenoxy) is 1. The van der Waals surface area contributed by atoms with E-state index in [9.17, 15) is 0 Å². The Labute approximate surface area is 176 Å². The van der Waals surface area contributed by atoms with Gasteiger partial charge in [-0.15, -0.1) is 11.3 Å². The Kier molecular flexibility index (Phi) is 5.54. The van der Waals surface area contributed by atoms with E-state index in [2.05, 4.69) is 18.8 Å². The Bertz CT molecular complexity index is 986. The van der Waals surface area contributed by atoms with Crippen molar-refractivity contribution in [3.05, 3.63) is 44.2 Å². The highest BCUT2D eigenvalue weighted by atomic mass is 35.5. The van der Waals surface area contributed by atoms with Gasteiger partial charge in [-0.05, 0) is 29.2 Å². The number of hydrogen-bond acceptors (Lipinski definition) is 6. The van der Waals surface area contributed by atoms with Crippen molar-refractivity contribution in [2.24, 2.45) is 5.92 Å². The zero-order chi connectivity index (χ0) is 19.1. The minimum Gasteiger partial charge on any atom is -0.383 e. The van der Waals surface area contributed by atoms with Crippen LogP contribution in [0.4, 0.5) is 5.82 Å². The Balaban J connectivity index is 1.63. The number of thioether (sulfide) groups is 1. The molecule has 0 bridgehead atoms. The van der Waals surface area contributed by atoms with E-state index in [0.29, 0.717) is 39.3 Å². The molecule has 0 saturated carbocycles. The fraction of sp³-hybridized carbons (Fsp3) is 0.368. The number of benzene rings is 1. The van der Waals surface area contributed by atoms with Gasteiger partial charge in [-0.25, -0.2) is 9.97 Å². The predicted octanol–water partition coefficient (Wildman–Crippen LogP) is 5.97. The molecular weight excluding hydrogens is 421 g/mol. The van der Waals surface area contributed by atoms with Gasteiger partial charge in [0.25, 0.3) is 0 Å². The zero-order valence-corrected chi connectivity index (χ0v) is 18.1. The van der Waals surface area contributed by atoms with Gasteiger partial charge in [-0.2, -0.15) is 0 Å². The van der Waals surface area contributed by atoms with Crippen molar-refractivity contribution >= 4 is 62.3 Å². The molecule has 27 heavy (non-hydrogen) atoms. The molecule has 1 atom stereocenters. The first-order valence-electron chi connectivity index (χ1n) is 8.69. The van der Waals surface area contributed by atoms with Crippen LogP contribution in [0.2, 0.25) is 10.0 Å². The third-order valence-corrected chi connectivity index (χ3v) is 7.41. The fourth-order valence-electron chi connectivity index (χ4n) is 3.19. The molecule has 2 N–H and O–H groups in total. The summed E-state index contributed by atoms with van der Waals surface area (Å²) in [5, 5.41) is 2.92. The summed E-state index contributed by atoms with van der Waals surface area (Å²) in [4.78, 5) is 11.4. The van der Waals surface area contributed by atoms with Crippen LogP contribution < -0.4 is 5.73 Å². The van der Waals surface area contributed by atoms with Crippen molar-refractivity contribution in [1.29, 1.82) is 0 Å². The summed E-state index contributed by atoms with van der Waals surface area (Å²) < 4.78 is 5.98. The Hall–Kier alpha value is -1.05. The van der Waals surface area contributed by atoms with Crippen LogP contribution in [0.3, 0.4) is 0 Å². The van der Waals surface area contributed by atoms with Gasteiger partial charge in [0, 0.05) is 27.1 Å². The van der Waals surface area contributed by atoms with Crippen LogP contribution in [0.5, 0.6) is 0 Å². The maximum Gasteiger partial charge on any atom is 0.191 e. The lowest BCUT2D eigenvalue weighted by Gasteiger charge is -2.26. The van der Waals surface area contributed by atoms with E-state index in [4.69, 9.17) is 38.7 Å². The summed E-state index contributed by atoms with van der Waals surface area (Å²) in [6.07, 6.45) is 1.08. The molecule has 4 rings (SSSR count). The van der Waals surface area contributed by atoms with E-state index < -0.39 is 0 Å². The Morgan fingerprint density at radius 1 is 1.30 bits per heavy atom. The molecule has 0 amide bonds. The molecule has 142 valence electrons. The van der Waals surface area contributed by atoms with Gasteiger partial charge in [-0.3, -0.25) is 0 Å². The molecule has 0 aliphatic carbocycles. The highest BCUT2D eigenvalue weighted by molar-refractivity contribution is 7.98. The lowest BCUT2D eigenvalue weighted by atomic mass is 9.96. The summed E-state index contributed by atoms with van der Waals surface area (Å²) >= 11 is 15.6. The number of nitrogens with zero attached hydrogens (tertiary/aromatic N) is 2. The molecule has 1 aliphatic heterocycles. The number of thiophene rings is 1. The number of hydrogen-bond donors (Lipinski definition) is 1. The van der Waals surface area contributed by atoms with Crippen LogP contribution in [0.1, 0.15) is 29.9 Å². The molecule has 8 heteroatoms.